The van der Waals surface area contributed by atoms with Crippen molar-refractivity contribution in [3.05, 3.63) is 10.1 Å². The maximum Gasteiger partial charge on any atom is 0.464 e. The first kappa shape index (κ1) is 8.98. The molecular formula is C5H6F2N2O3. The number of carbonyl (C=O) groups excluding carboxylic acids is 1. The van der Waals surface area contributed by atoms with E-state index in [0.717, 1.165) is 0 Å². The SMILES string of the molecule is NC1(C(=O)[N+](=O)[O-])CC(F)(F)C1. The first-order chi connectivity index (χ1) is 5.27. The molecule has 1 aliphatic carbocycles. The molecule has 0 heterocycles. The fraction of sp³-hybridized carbons (Fsp3) is 0.800. The molecule has 0 bridgehead atoms. The van der Waals surface area contributed by atoms with Crippen LogP contribution in [0.2, 0.25) is 0 Å². The standard InChI is InChI=1S/C5H6F2N2O3/c6-5(7)1-4(8,2-5)3(10)9(11)12/h1-2,8H2. The summed E-state index contributed by atoms with van der Waals surface area (Å²) in [5.74, 6) is -4.56. The number of alkyl halides is 2. The van der Waals surface area contributed by atoms with Crippen LogP contribution in [-0.4, -0.2) is 22.3 Å². The summed E-state index contributed by atoms with van der Waals surface area (Å²) in [7, 11) is 0. The Morgan fingerprint density at radius 3 is 2.17 bits per heavy atom. The molecule has 2 N–H and O–H groups in total. The number of hydrogen-bond acceptors (Lipinski definition) is 4. The Bertz CT molecular complexity index is 245. The van der Waals surface area contributed by atoms with Crippen molar-refractivity contribution in [2.24, 2.45) is 5.73 Å². The fourth-order valence-corrected chi connectivity index (χ4v) is 1.20. The van der Waals surface area contributed by atoms with Crippen LogP contribution in [0.25, 0.3) is 0 Å². The van der Waals surface area contributed by atoms with E-state index in [4.69, 9.17) is 5.73 Å². The first-order valence-corrected chi connectivity index (χ1v) is 3.12. The van der Waals surface area contributed by atoms with Gasteiger partial charge in [0.1, 0.15) is 4.92 Å². The number of nitrogens with zero attached hydrogens (tertiary/aromatic N) is 1. The Morgan fingerprint density at radius 2 is 1.92 bits per heavy atom. The second kappa shape index (κ2) is 2.19. The molecule has 1 amide bonds. The normalized spacial score (nSPS) is 24.2. The van der Waals surface area contributed by atoms with Gasteiger partial charge in [-0.2, -0.15) is 0 Å². The van der Waals surface area contributed by atoms with Gasteiger partial charge in [-0.1, -0.05) is 0 Å². The van der Waals surface area contributed by atoms with Crippen LogP contribution in [0, 0.1) is 10.1 Å². The minimum atomic E-state index is -3.03. The number of nitro groups is 1. The molecule has 0 aromatic rings. The zero-order valence-corrected chi connectivity index (χ0v) is 5.92. The predicted octanol–water partition coefficient (Wildman–Crippen LogP) is -0.0837. The Balaban J connectivity index is 2.67. The van der Waals surface area contributed by atoms with Crippen LogP contribution < -0.4 is 5.73 Å². The van der Waals surface area contributed by atoms with E-state index in [1.807, 2.05) is 0 Å². The molecule has 68 valence electrons. The number of amides is 1. The van der Waals surface area contributed by atoms with E-state index in [-0.39, 0.29) is 0 Å². The van der Waals surface area contributed by atoms with Crippen LogP contribution in [0.3, 0.4) is 0 Å². The van der Waals surface area contributed by atoms with Gasteiger partial charge in [0.25, 0.3) is 5.92 Å². The lowest BCUT2D eigenvalue weighted by Crippen LogP contribution is -2.64. The molecule has 0 spiro atoms. The maximum atomic E-state index is 12.2. The van der Waals surface area contributed by atoms with Crippen LogP contribution in [0.15, 0.2) is 0 Å². The van der Waals surface area contributed by atoms with Crippen LogP contribution in [-0.2, 0) is 4.79 Å². The van der Waals surface area contributed by atoms with Gasteiger partial charge in [0.15, 0.2) is 5.54 Å². The van der Waals surface area contributed by atoms with Crippen molar-refractivity contribution < 1.29 is 18.5 Å². The third-order valence-electron chi connectivity index (χ3n) is 1.74. The highest BCUT2D eigenvalue weighted by molar-refractivity contribution is 5.80. The molecule has 1 rings (SSSR count). The van der Waals surface area contributed by atoms with Crippen molar-refractivity contribution in [3.8, 4) is 0 Å². The van der Waals surface area contributed by atoms with Gasteiger partial charge < -0.3 is 5.73 Å². The zero-order chi connectivity index (χ0) is 9.57. The molecule has 0 unspecified atom stereocenters. The summed E-state index contributed by atoms with van der Waals surface area (Å²) in [5.41, 5.74) is 3.10. The summed E-state index contributed by atoms with van der Waals surface area (Å²) in [6, 6.07) is 0. The lowest BCUT2D eigenvalue weighted by molar-refractivity contribution is -0.413. The summed E-state index contributed by atoms with van der Waals surface area (Å²) < 4.78 is 24.4. The Morgan fingerprint density at radius 1 is 1.50 bits per heavy atom. The van der Waals surface area contributed by atoms with Gasteiger partial charge >= 0.3 is 5.91 Å². The summed E-state index contributed by atoms with van der Waals surface area (Å²) in [5, 5.41) is 9.88. The van der Waals surface area contributed by atoms with Crippen molar-refractivity contribution in [3.63, 3.8) is 0 Å². The molecule has 0 saturated heterocycles. The third-order valence-corrected chi connectivity index (χ3v) is 1.74. The van der Waals surface area contributed by atoms with E-state index in [1.165, 1.54) is 0 Å². The zero-order valence-electron chi connectivity index (χ0n) is 5.92. The van der Waals surface area contributed by atoms with Crippen molar-refractivity contribution in [1.82, 2.24) is 0 Å². The average molecular weight is 180 g/mol. The first-order valence-electron chi connectivity index (χ1n) is 3.12. The molecule has 0 aliphatic heterocycles. The molecule has 0 aromatic heterocycles. The lowest BCUT2D eigenvalue weighted by Gasteiger charge is -2.38. The predicted molar refractivity (Wildman–Crippen MR) is 33.1 cm³/mol. The number of halogens is 2. The number of rotatable bonds is 1. The smallest absolute Gasteiger partial charge is 0.313 e. The molecule has 1 fully saturated rings. The van der Waals surface area contributed by atoms with Gasteiger partial charge in [0.05, 0.1) is 0 Å². The van der Waals surface area contributed by atoms with E-state index < -0.39 is 35.1 Å². The topological polar surface area (TPSA) is 86.2 Å². The summed E-state index contributed by atoms with van der Waals surface area (Å²) in [6.07, 6.45) is -1.86. The third kappa shape index (κ3) is 1.27. The molecule has 0 aromatic carbocycles. The van der Waals surface area contributed by atoms with E-state index in [9.17, 15) is 23.7 Å². The molecular weight excluding hydrogens is 174 g/mol. The van der Waals surface area contributed by atoms with Gasteiger partial charge in [-0.25, -0.2) is 13.6 Å². The van der Waals surface area contributed by atoms with Crippen molar-refractivity contribution in [2.75, 3.05) is 0 Å². The molecule has 0 radical (unpaired) electrons. The molecule has 1 aliphatic rings. The summed E-state index contributed by atoms with van der Waals surface area (Å²) in [4.78, 5) is 19.2. The lowest BCUT2D eigenvalue weighted by atomic mass is 9.74. The van der Waals surface area contributed by atoms with Crippen molar-refractivity contribution in [1.29, 1.82) is 0 Å². The Labute approximate surface area is 65.7 Å². The summed E-state index contributed by atoms with van der Waals surface area (Å²) in [6.45, 7) is 0. The Kier molecular flexibility index (Phi) is 1.64. The van der Waals surface area contributed by atoms with Crippen LogP contribution in [0.1, 0.15) is 12.8 Å². The Hall–Kier alpha value is -1.11. The van der Waals surface area contributed by atoms with Crippen LogP contribution in [0.5, 0.6) is 0 Å². The van der Waals surface area contributed by atoms with Gasteiger partial charge in [-0.15, -0.1) is 0 Å². The van der Waals surface area contributed by atoms with E-state index in [0.29, 0.717) is 0 Å². The summed E-state index contributed by atoms with van der Waals surface area (Å²) >= 11 is 0. The number of hydrogen-bond donors (Lipinski definition) is 1. The molecule has 5 nitrogen and oxygen atoms in total. The van der Waals surface area contributed by atoms with E-state index in [2.05, 4.69) is 0 Å². The maximum absolute atomic E-state index is 12.2. The molecule has 7 heteroatoms. The minimum absolute atomic E-state index is 0.931. The van der Waals surface area contributed by atoms with Crippen LogP contribution in [0.4, 0.5) is 8.78 Å². The quantitative estimate of drug-likeness (QED) is 0.451. The van der Waals surface area contributed by atoms with Gasteiger partial charge in [0.2, 0.25) is 0 Å². The number of nitrogens with two attached hydrogens (primary N) is 1. The second-order valence-corrected chi connectivity index (χ2v) is 2.93. The highest BCUT2D eigenvalue weighted by Crippen LogP contribution is 2.44. The largest absolute Gasteiger partial charge is 0.464 e. The minimum Gasteiger partial charge on any atom is -0.313 e. The van der Waals surface area contributed by atoms with Gasteiger partial charge in [0, 0.05) is 12.8 Å². The van der Waals surface area contributed by atoms with Gasteiger partial charge in [-0.3, -0.25) is 10.1 Å². The average Bonchev–Trinajstić information content (AvgIpc) is 1.81. The van der Waals surface area contributed by atoms with Crippen molar-refractivity contribution >= 4 is 5.91 Å². The van der Waals surface area contributed by atoms with E-state index >= 15 is 0 Å². The second-order valence-electron chi connectivity index (χ2n) is 2.93. The highest BCUT2D eigenvalue weighted by atomic mass is 19.3. The molecule has 12 heavy (non-hydrogen) atoms. The van der Waals surface area contributed by atoms with Gasteiger partial charge in [-0.05, 0) is 0 Å². The molecule has 1 saturated carbocycles. The van der Waals surface area contributed by atoms with Crippen molar-refractivity contribution in [2.45, 2.75) is 24.3 Å². The molecule has 0 atom stereocenters. The monoisotopic (exact) mass is 180 g/mol. The number of carbonyl (C=O) groups is 1. The van der Waals surface area contributed by atoms with E-state index in [1.54, 1.807) is 0 Å². The fourth-order valence-electron chi connectivity index (χ4n) is 1.20. The highest BCUT2D eigenvalue weighted by Gasteiger charge is 2.63. The van der Waals surface area contributed by atoms with Crippen LogP contribution >= 0.6 is 0 Å².